The molecule has 0 radical (unpaired) electrons. The number of hydrogen-bond acceptors (Lipinski definition) is 2. The van der Waals surface area contributed by atoms with Crippen molar-refractivity contribution in [3.8, 4) is 17.1 Å². The number of halogens is 1. The van der Waals surface area contributed by atoms with Gasteiger partial charge in [-0.15, -0.1) is 0 Å². The molecule has 1 heterocycles. The minimum Gasteiger partial charge on any atom is -0.268 e. The second-order valence-corrected chi connectivity index (χ2v) is 7.55. The fourth-order valence-electron chi connectivity index (χ4n) is 3.48. The summed E-state index contributed by atoms with van der Waals surface area (Å²) in [6.45, 7) is 0. The van der Waals surface area contributed by atoms with E-state index in [-0.39, 0.29) is 5.56 Å². The molecule has 28 heavy (non-hydrogen) atoms. The van der Waals surface area contributed by atoms with Gasteiger partial charge in [-0.25, -0.2) is 4.98 Å². The lowest BCUT2D eigenvalue weighted by atomic mass is 10.1. The largest absolute Gasteiger partial charge is 0.268 e. The van der Waals surface area contributed by atoms with Crippen molar-refractivity contribution in [1.82, 2.24) is 9.55 Å². The minimum absolute atomic E-state index is 0.0723. The highest BCUT2D eigenvalue weighted by Gasteiger charge is 2.15. The Kier molecular flexibility index (Phi) is 4.06. The Balaban J connectivity index is 1.91. The van der Waals surface area contributed by atoms with Gasteiger partial charge in [0.15, 0.2) is 0 Å². The summed E-state index contributed by atoms with van der Waals surface area (Å²) in [5.41, 5.74) is 2.32. The van der Waals surface area contributed by atoms with Crippen LogP contribution in [0.2, 0.25) is 0 Å². The van der Waals surface area contributed by atoms with Crippen LogP contribution in [0.4, 0.5) is 0 Å². The molecule has 0 aliphatic carbocycles. The summed E-state index contributed by atoms with van der Waals surface area (Å²) in [6, 6.07) is 29.5. The smallest absolute Gasteiger partial charge is 0.266 e. The third-order valence-electron chi connectivity index (χ3n) is 4.85. The van der Waals surface area contributed by atoms with Gasteiger partial charge in [0.2, 0.25) is 0 Å². The minimum atomic E-state index is -0.0723. The van der Waals surface area contributed by atoms with Gasteiger partial charge >= 0.3 is 0 Å². The van der Waals surface area contributed by atoms with Crippen LogP contribution in [-0.2, 0) is 0 Å². The molecule has 3 nitrogen and oxygen atoms in total. The Morgan fingerprint density at radius 2 is 1.39 bits per heavy atom. The zero-order valence-corrected chi connectivity index (χ0v) is 16.4. The monoisotopic (exact) mass is 426 g/mol. The number of fused-ring (bicyclic) bond motifs is 2. The van der Waals surface area contributed by atoms with E-state index in [0.29, 0.717) is 16.7 Å². The van der Waals surface area contributed by atoms with Gasteiger partial charge in [-0.05, 0) is 47.2 Å². The van der Waals surface area contributed by atoms with E-state index in [4.69, 9.17) is 4.98 Å². The Morgan fingerprint density at radius 3 is 2.11 bits per heavy atom. The zero-order chi connectivity index (χ0) is 19.1. The van der Waals surface area contributed by atoms with Crippen molar-refractivity contribution in [2.75, 3.05) is 0 Å². The van der Waals surface area contributed by atoms with E-state index in [2.05, 4.69) is 15.9 Å². The van der Waals surface area contributed by atoms with E-state index >= 15 is 0 Å². The maximum absolute atomic E-state index is 13.6. The molecule has 0 aliphatic heterocycles. The van der Waals surface area contributed by atoms with Gasteiger partial charge in [0, 0.05) is 10.0 Å². The van der Waals surface area contributed by atoms with Crippen molar-refractivity contribution < 1.29 is 0 Å². The van der Waals surface area contributed by atoms with Gasteiger partial charge in [0.25, 0.3) is 5.56 Å². The Hall–Kier alpha value is -3.24. The maximum atomic E-state index is 13.6. The van der Waals surface area contributed by atoms with Gasteiger partial charge in [-0.2, -0.15) is 0 Å². The highest BCUT2D eigenvalue weighted by atomic mass is 79.9. The number of rotatable bonds is 2. The van der Waals surface area contributed by atoms with Crippen molar-refractivity contribution in [3.05, 3.63) is 106 Å². The Bertz CT molecular complexity index is 1370. The first-order valence-corrected chi connectivity index (χ1v) is 9.77. The number of nitrogens with zero attached hydrogens (tertiary/aromatic N) is 2. The van der Waals surface area contributed by atoms with Crippen LogP contribution in [0.1, 0.15) is 0 Å². The zero-order valence-electron chi connectivity index (χ0n) is 14.8. The highest BCUT2D eigenvalue weighted by Crippen LogP contribution is 2.25. The van der Waals surface area contributed by atoms with E-state index in [0.717, 1.165) is 26.5 Å². The van der Waals surface area contributed by atoms with Gasteiger partial charge in [-0.3, -0.25) is 9.36 Å². The Labute approximate surface area is 170 Å². The normalized spacial score (nSPS) is 11.2. The second-order valence-electron chi connectivity index (χ2n) is 6.63. The average Bonchev–Trinajstić information content (AvgIpc) is 2.74. The molecule has 134 valence electrons. The maximum Gasteiger partial charge on any atom is 0.266 e. The SMILES string of the molecule is O=c1c2cc3ccccc3cc2nc(-c2ccccc2)n1-c1ccc(Br)cc1. The molecule has 0 saturated carbocycles. The van der Waals surface area contributed by atoms with Crippen LogP contribution in [0.25, 0.3) is 38.8 Å². The molecule has 4 aromatic carbocycles. The van der Waals surface area contributed by atoms with Crippen molar-refractivity contribution in [2.45, 2.75) is 0 Å². The summed E-state index contributed by atoms with van der Waals surface area (Å²) in [4.78, 5) is 18.5. The summed E-state index contributed by atoms with van der Waals surface area (Å²) in [7, 11) is 0. The summed E-state index contributed by atoms with van der Waals surface area (Å²) in [5.74, 6) is 0.635. The first-order chi connectivity index (χ1) is 13.7. The van der Waals surface area contributed by atoms with Crippen molar-refractivity contribution >= 4 is 37.6 Å². The molecular weight excluding hydrogens is 412 g/mol. The topological polar surface area (TPSA) is 34.9 Å². The third kappa shape index (κ3) is 2.83. The molecule has 0 N–H and O–H groups in total. The molecule has 0 bridgehead atoms. The summed E-state index contributed by atoms with van der Waals surface area (Å²) in [6.07, 6.45) is 0. The summed E-state index contributed by atoms with van der Waals surface area (Å²) < 4.78 is 2.66. The molecule has 0 aliphatic rings. The molecule has 0 amide bonds. The van der Waals surface area contributed by atoms with Crippen LogP contribution in [0.15, 0.2) is 100 Å². The van der Waals surface area contributed by atoms with Gasteiger partial charge < -0.3 is 0 Å². The lowest BCUT2D eigenvalue weighted by Gasteiger charge is -2.14. The van der Waals surface area contributed by atoms with Crippen LogP contribution >= 0.6 is 15.9 Å². The molecule has 5 rings (SSSR count). The van der Waals surface area contributed by atoms with Gasteiger partial charge in [-0.1, -0.05) is 70.5 Å². The summed E-state index contributed by atoms with van der Waals surface area (Å²) >= 11 is 3.46. The number of hydrogen-bond donors (Lipinski definition) is 0. The fourth-order valence-corrected chi connectivity index (χ4v) is 3.75. The quantitative estimate of drug-likeness (QED) is 0.326. The fraction of sp³-hybridized carbons (Fsp3) is 0. The van der Waals surface area contributed by atoms with Crippen molar-refractivity contribution in [2.24, 2.45) is 0 Å². The number of aromatic nitrogens is 2. The number of benzene rings is 4. The van der Waals surface area contributed by atoms with Gasteiger partial charge in [0.05, 0.1) is 16.6 Å². The van der Waals surface area contributed by atoms with Crippen LogP contribution < -0.4 is 5.56 Å². The highest BCUT2D eigenvalue weighted by molar-refractivity contribution is 9.10. The van der Waals surface area contributed by atoms with Crippen LogP contribution in [0.3, 0.4) is 0 Å². The van der Waals surface area contributed by atoms with E-state index in [9.17, 15) is 4.79 Å². The second kappa shape index (κ2) is 6.73. The van der Waals surface area contributed by atoms with Gasteiger partial charge in [0.1, 0.15) is 5.82 Å². The van der Waals surface area contributed by atoms with E-state index < -0.39 is 0 Å². The molecule has 0 unspecified atom stereocenters. The average molecular weight is 427 g/mol. The van der Waals surface area contributed by atoms with Crippen LogP contribution in [0.5, 0.6) is 0 Å². The molecule has 0 saturated heterocycles. The molecule has 1 aromatic heterocycles. The van der Waals surface area contributed by atoms with Crippen molar-refractivity contribution in [1.29, 1.82) is 0 Å². The molecule has 5 aromatic rings. The molecular formula is C24H15BrN2O. The third-order valence-corrected chi connectivity index (χ3v) is 5.38. The lowest BCUT2D eigenvalue weighted by Crippen LogP contribution is -2.22. The first-order valence-electron chi connectivity index (χ1n) is 8.98. The van der Waals surface area contributed by atoms with E-state index in [1.54, 1.807) is 4.57 Å². The molecule has 0 spiro atoms. The van der Waals surface area contributed by atoms with Crippen LogP contribution in [-0.4, -0.2) is 9.55 Å². The van der Waals surface area contributed by atoms with E-state index in [1.165, 1.54) is 0 Å². The first kappa shape index (κ1) is 16.9. The predicted molar refractivity (Wildman–Crippen MR) is 118 cm³/mol. The predicted octanol–water partition coefficient (Wildman–Crippen LogP) is 5.97. The van der Waals surface area contributed by atoms with Crippen molar-refractivity contribution in [3.63, 3.8) is 0 Å². The molecule has 0 fully saturated rings. The van der Waals surface area contributed by atoms with E-state index in [1.807, 2.05) is 91.0 Å². The summed E-state index contributed by atoms with van der Waals surface area (Å²) in [5, 5.41) is 2.72. The Morgan fingerprint density at radius 1 is 0.750 bits per heavy atom. The molecule has 4 heteroatoms. The van der Waals surface area contributed by atoms with Crippen LogP contribution in [0, 0.1) is 0 Å². The molecule has 0 atom stereocenters. The standard InChI is InChI=1S/C24H15BrN2O/c25-19-10-12-20(13-11-19)27-23(16-6-2-1-3-7-16)26-22-15-18-9-5-4-8-17(18)14-21(22)24(27)28/h1-15H. The lowest BCUT2D eigenvalue weighted by molar-refractivity contribution is 0.976.